The average molecular weight is 495 g/mol. The summed E-state index contributed by atoms with van der Waals surface area (Å²) in [5.41, 5.74) is 15.1. The molecule has 0 unspecified atom stereocenters. The van der Waals surface area contributed by atoms with Crippen LogP contribution in [0.2, 0.25) is 25.7 Å². The van der Waals surface area contributed by atoms with Crippen molar-refractivity contribution in [2.45, 2.75) is 65.0 Å². The normalized spacial score (nSPS) is 15.5. The van der Waals surface area contributed by atoms with Gasteiger partial charge in [-0.1, -0.05) is 55.9 Å². The lowest BCUT2D eigenvalue weighted by Crippen LogP contribution is -2.22. The van der Waals surface area contributed by atoms with Crippen LogP contribution >= 0.6 is 0 Å². The maximum absolute atomic E-state index is 8.71. The SMILES string of the molecule is CCc1c(-c2ccc(C3(C)OCCO3)cc2)n(COCC[Si](C)(C)C)c2ncc(CN=[N+]=[N-])nc12. The molecule has 0 saturated carbocycles. The number of nitrogens with zero attached hydrogens (tertiary/aromatic N) is 6. The second kappa shape index (κ2) is 10.5. The van der Waals surface area contributed by atoms with Gasteiger partial charge in [0, 0.05) is 30.7 Å². The van der Waals surface area contributed by atoms with Gasteiger partial charge in [-0.3, -0.25) is 4.57 Å². The van der Waals surface area contributed by atoms with Gasteiger partial charge < -0.3 is 14.2 Å². The summed E-state index contributed by atoms with van der Waals surface area (Å²) in [5, 5.41) is 3.66. The van der Waals surface area contributed by atoms with Crippen LogP contribution in [0.3, 0.4) is 0 Å². The zero-order chi connectivity index (χ0) is 25.1. The largest absolute Gasteiger partial charge is 0.361 e. The molecule has 4 rings (SSSR count). The topological polar surface area (TPSA) is 107 Å². The molecule has 1 aromatic carbocycles. The lowest BCUT2D eigenvalue weighted by atomic mass is 10.0. The van der Waals surface area contributed by atoms with Crippen LogP contribution in [0.25, 0.3) is 32.9 Å². The van der Waals surface area contributed by atoms with Crippen LogP contribution < -0.4 is 0 Å². The van der Waals surface area contributed by atoms with Crippen molar-refractivity contribution in [2.24, 2.45) is 5.11 Å². The average Bonchev–Trinajstić information content (AvgIpc) is 3.41. The Morgan fingerprint density at radius 2 is 1.91 bits per heavy atom. The molecule has 186 valence electrons. The molecule has 0 N–H and O–H groups in total. The molecule has 1 aliphatic rings. The van der Waals surface area contributed by atoms with Crippen molar-refractivity contribution in [1.29, 1.82) is 0 Å². The number of benzene rings is 1. The fraction of sp³-hybridized carbons (Fsp3) is 0.520. The highest BCUT2D eigenvalue weighted by Crippen LogP contribution is 2.36. The molecule has 0 bridgehead atoms. The molecule has 10 heteroatoms. The first kappa shape index (κ1) is 25.3. The van der Waals surface area contributed by atoms with Crippen molar-refractivity contribution < 1.29 is 14.2 Å². The summed E-state index contributed by atoms with van der Waals surface area (Å²) in [4.78, 5) is 12.4. The number of aryl methyl sites for hydroxylation is 1. The lowest BCUT2D eigenvalue weighted by Gasteiger charge is -2.23. The lowest BCUT2D eigenvalue weighted by molar-refractivity contribution is -0.149. The first-order valence-corrected chi connectivity index (χ1v) is 15.8. The first-order chi connectivity index (χ1) is 16.8. The Balaban J connectivity index is 1.76. The van der Waals surface area contributed by atoms with Gasteiger partial charge >= 0.3 is 0 Å². The molecule has 0 radical (unpaired) electrons. The molecule has 2 aromatic heterocycles. The van der Waals surface area contributed by atoms with Gasteiger partial charge in [0.15, 0.2) is 11.4 Å². The zero-order valence-corrected chi connectivity index (χ0v) is 22.2. The molecule has 35 heavy (non-hydrogen) atoms. The zero-order valence-electron chi connectivity index (χ0n) is 21.2. The van der Waals surface area contributed by atoms with Gasteiger partial charge in [-0.15, -0.1) is 0 Å². The number of azide groups is 1. The second-order valence-corrected chi connectivity index (χ2v) is 15.7. The van der Waals surface area contributed by atoms with Gasteiger partial charge in [0.05, 0.1) is 37.3 Å². The summed E-state index contributed by atoms with van der Waals surface area (Å²) in [6.45, 7) is 13.6. The van der Waals surface area contributed by atoms with Crippen molar-refractivity contribution in [3.05, 3.63) is 57.7 Å². The highest BCUT2D eigenvalue weighted by atomic mass is 28.3. The van der Waals surface area contributed by atoms with E-state index in [2.05, 4.69) is 65.4 Å². The van der Waals surface area contributed by atoms with Crippen molar-refractivity contribution in [3.8, 4) is 11.3 Å². The van der Waals surface area contributed by atoms with Gasteiger partial charge in [0.25, 0.3) is 0 Å². The quantitative estimate of drug-likeness (QED) is 0.113. The van der Waals surface area contributed by atoms with Gasteiger partial charge in [0.1, 0.15) is 12.2 Å². The molecule has 1 aliphatic heterocycles. The highest BCUT2D eigenvalue weighted by Gasteiger charge is 2.33. The standard InChI is InChI=1S/C25H34N6O3Si/c1-6-21-22-24(27-15-20(29-22)16-28-30-26)31(17-32-13-14-35(3,4)5)23(21)18-7-9-19(10-8-18)25(2)33-11-12-34-25/h7-10,15H,6,11-14,16-17H2,1-5H3. The number of fused-ring (bicyclic) bond motifs is 1. The van der Waals surface area contributed by atoms with E-state index in [1.54, 1.807) is 6.20 Å². The van der Waals surface area contributed by atoms with E-state index >= 15 is 0 Å². The summed E-state index contributed by atoms with van der Waals surface area (Å²) >= 11 is 0. The Labute approximate surface area is 207 Å². The monoisotopic (exact) mass is 494 g/mol. The number of rotatable bonds is 10. The van der Waals surface area contributed by atoms with Gasteiger partial charge in [-0.2, -0.15) is 0 Å². The molecular formula is C25H34N6O3Si. The van der Waals surface area contributed by atoms with E-state index in [-0.39, 0.29) is 6.54 Å². The summed E-state index contributed by atoms with van der Waals surface area (Å²) in [6.07, 6.45) is 2.45. The number of hydrogen-bond donors (Lipinski definition) is 0. The minimum atomic E-state index is -1.20. The first-order valence-electron chi connectivity index (χ1n) is 12.1. The fourth-order valence-electron chi connectivity index (χ4n) is 4.32. The van der Waals surface area contributed by atoms with E-state index in [1.165, 1.54) is 0 Å². The van der Waals surface area contributed by atoms with E-state index in [9.17, 15) is 0 Å². The molecule has 3 heterocycles. The van der Waals surface area contributed by atoms with Crippen molar-refractivity contribution in [1.82, 2.24) is 14.5 Å². The molecule has 1 fully saturated rings. The van der Waals surface area contributed by atoms with Crippen LogP contribution in [-0.2, 0) is 39.7 Å². The summed E-state index contributed by atoms with van der Waals surface area (Å²) < 4.78 is 19.9. The van der Waals surface area contributed by atoms with E-state index in [4.69, 9.17) is 29.7 Å². The third-order valence-electron chi connectivity index (χ3n) is 6.29. The Morgan fingerprint density at radius 1 is 1.20 bits per heavy atom. The third kappa shape index (κ3) is 5.57. The molecule has 3 aromatic rings. The molecule has 9 nitrogen and oxygen atoms in total. The minimum absolute atomic E-state index is 0.170. The Hall–Kier alpha value is -2.75. The Bertz CT molecular complexity index is 1220. The summed E-state index contributed by atoms with van der Waals surface area (Å²) in [5.74, 6) is -0.710. The van der Waals surface area contributed by atoms with E-state index in [1.807, 2.05) is 6.92 Å². The maximum atomic E-state index is 8.71. The van der Waals surface area contributed by atoms with E-state index in [0.717, 1.165) is 46.0 Å². The van der Waals surface area contributed by atoms with Crippen LogP contribution in [0.15, 0.2) is 35.6 Å². The molecular weight excluding hydrogens is 460 g/mol. The predicted octanol–water partition coefficient (Wildman–Crippen LogP) is 6.00. The van der Waals surface area contributed by atoms with Crippen molar-refractivity contribution in [3.63, 3.8) is 0 Å². The Kier molecular flexibility index (Phi) is 7.58. The van der Waals surface area contributed by atoms with Gasteiger partial charge in [0.2, 0.25) is 0 Å². The summed E-state index contributed by atoms with van der Waals surface area (Å²) in [6, 6.07) is 9.40. The van der Waals surface area contributed by atoms with E-state index in [0.29, 0.717) is 32.2 Å². The minimum Gasteiger partial charge on any atom is -0.361 e. The molecule has 0 amide bonds. The van der Waals surface area contributed by atoms with Crippen LogP contribution in [-0.4, -0.2) is 42.4 Å². The highest BCUT2D eigenvalue weighted by molar-refractivity contribution is 6.76. The Morgan fingerprint density at radius 3 is 2.54 bits per heavy atom. The van der Waals surface area contributed by atoms with Gasteiger partial charge in [-0.05, 0) is 30.5 Å². The number of aromatic nitrogens is 3. The van der Waals surface area contributed by atoms with Crippen LogP contribution in [0.4, 0.5) is 0 Å². The maximum Gasteiger partial charge on any atom is 0.192 e. The third-order valence-corrected chi connectivity index (χ3v) is 7.99. The molecule has 0 atom stereocenters. The molecule has 0 aliphatic carbocycles. The van der Waals surface area contributed by atoms with Crippen LogP contribution in [0.1, 0.15) is 30.7 Å². The van der Waals surface area contributed by atoms with E-state index < -0.39 is 13.9 Å². The van der Waals surface area contributed by atoms with Gasteiger partial charge in [-0.25, -0.2) is 9.97 Å². The second-order valence-electron chi connectivity index (χ2n) is 10.1. The number of hydrogen-bond acceptors (Lipinski definition) is 6. The fourth-order valence-corrected chi connectivity index (χ4v) is 5.07. The molecule has 0 spiro atoms. The van der Waals surface area contributed by atoms with Crippen LogP contribution in [0, 0.1) is 0 Å². The summed E-state index contributed by atoms with van der Waals surface area (Å²) in [7, 11) is -1.20. The van der Waals surface area contributed by atoms with Crippen LogP contribution in [0.5, 0.6) is 0 Å². The van der Waals surface area contributed by atoms with Crippen molar-refractivity contribution >= 4 is 19.2 Å². The molecule has 1 saturated heterocycles. The smallest absolute Gasteiger partial charge is 0.192 e. The van der Waals surface area contributed by atoms with Crippen molar-refractivity contribution in [2.75, 3.05) is 19.8 Å². The predicted molar refractivity (Wildman–Crippen MR) is 139 cm³/mol. The number of ether oxygens (including phenoxy) is 3.